The molecule has 4 nitrogen and oxygen atoms in total. The topological polar surface area (TPSA) is 66.4 Å². The van der Waals surface area contributed by atoms with E-state index in [2.05, 4.69) is 4.72 Å². The van der Waals surface area contributed by atoms with Gasteiger partial charge in [-0.25, -0.2) is 12.8 Å². The fourth-order valence-corrected chi connectivity index (χ4v) is 3.17. The summed E-state index contributed by atoms with van der Waals surface area (Å²) in [5, 5.41) is 9.18. The molecule has 0 aliphatic rings. The third-order valence-electron chi connectivity index (χ3n) is 2.88. The molecule has 106 valence electrons. The lowest BCUT2D eigenvalue weighted by molar-refractivity contribution is 0.278. The highest BCUT2D eigenvalue weighted by Gasteiger charge is 2.19. The average Bonchev–Trinajstić information content (AvgIpc) is 2.41. The van der Waals surface area contributed by atoms with Crippen molar-refractivity contribution in [2.75, 3.05) is 4.72 Å². The number of anilines is 1. The van der Waals surface area contributed by atoms with Gasteiger partial charge in [0.15, 0.2) is 0 Å². The van der Waals surface area contributed by atoms with Crippen LogP contribution in [0.5, 0.6) is 0 Å². The first-order chi connectivity index (χ1) is 9.44. The van der Waals surface area contributed by atoms with E-state index >= 15 is 0 Å². The molecule has 6 heteroatoms. The first-order valence-corrected chi connectivity index (χ1v) is 7.40. The van der Waals surface area contributed by atoms with Gasteiger partial charge >= 0.3 is 0 Å². The number of aliphatic hydroxyl groups excluding tert-OH is 1. The summed E-state index contributed by atoms with van der Waals surface area (Å²) < 4.78 is 40.3. The van der Waals surface area contributed by atoms with Crippen LogP contribution in [0.25, 0.3) is 0 Å². The first kappa shape index (κ1) is 14.5. The van der Waals surface area contributed by atoms with Crippen molar-refractivity contribution in [3.63, 3.8) is 0 Å². The zero-order valence-corrected chi connectivity index (χ0v) is 11.6. The van der Waals surface area contributed by atoms with Gasteiger partial charge in [0.1, 0.15) is 5.82 Å². The standard InChI is InChI=1S/C14H14FNO3S/c1-10-4-2-3-5-13(10)16-20(18,19)14-8-12(15)7-6-11(14)9-17/h2-8,16-17H,9H2,1H3. The molecule has 2 aromatic rings. The van der Waals surface area contributed by atoms with Crippen LogP contribution in [0.1, 0.15) is 11.1 Å². The van der Waals surface area contributed by atoms with Crippen LogP contribution in [-0.4, -0.2) is 13.5 Å². The number of para-hydroxylation sites is 1. The van der Waals surface area contributed by atoms with Gasteiger partial charge in [0, 0.05) is 0 Å². The van der Waals surface area contributed by atoms with E-state index in [1.165, 1.54) is 6.07 Å². The maximum Gasteiger partial charge on any atom is 0.262 e. The van der Waals surface area contributed by atoms with Crippen molar-refractivity contribution in [1.82, 2.24) is 0 Å². The Morgan fingerprint density at radius 3 is 2.55 bits per heavy atom. The maximum atomic E-state index is 13.3. The van der Waals surface area contributed by atoms with Crippen molar-refractivity contribution < 1.29 is 17.9 Å². The van der Waals surface area contributed by atoms with E-state index in [9.17, 15) is 17.9 Å². The van der Waals surface area contributed by atoms with Crippen LogP contribution in [-0.2, 0) is 16.6 Å². The molecule has 0 bridgehead atoms. The second-order valence-corrected chi connectivity index (χ2v) is 5.98. The minimum Gasteiger partial charge on any atom is -0.392 e. The number of rotatable bonds is 4. The lowest BCUT2D eigenvalue weighted by Crippen LogP contribution is -2.16. The number of aliphatic hydroxyl groups is 1. The molecule has 0 radical (unpaired) electrons. The van der Waals surface area contributed by atoms with Gasteiger partial charge in [-0.1, -0.05) is 24.3 Å². The SMILES string of the molecule is Cc1ccccc1NS(=O)(=O)c1cc(F)ccc1CO. The maximum absolute atomic E-state index is 13.3. The molecule has 0 aliphatic heterocycles. The minimum absolute atomic E-state index is 0.146. The molecule has 2 rings (SSSR count). The van der Waals surface area contributed by atoms with Crippen LogP contribution in [0.15, 0.2) is 47.4 Å². The summed E-state index contributed by atoms with van der Waals surface area (Å²) in [7, 11) is -3.95. The molecule has 0 fully saturated rings. The Balaban J connectivity index is 2.46. The lowest BCUT2D eigenvalue weighted by Gasteiger charge is -2.12. The van der Waals surface area contributed by atoms with Gasteiger partial charge < -0.3 is 5.11 Å². The van der Waals surface area contributed by atoms with E-state index in [0.29, 0.717) is 5.69 Å². The summed E-state index contributed by atoms with van der Waals surface area (Å²) in [6.45, 7) is 1.28. The molecule has 0 spiro atoms. The van der Waals surface area contributed by atoms with Crippen molar-refractivity contribution in [2.24, 2.45) is 0 Å². The molecule has 0 heterocycles. The molecule has 0 saturated heterocycles. The molecule has 0 unspecified atom stereocenters. The van der Waals surface area contributed by atoms with Crippen molar-refractivity contribution >= 4 is 15.7 Å². The first-order valence-electron chi connectivity index (χ1n) is 5.92. The minimum atomic E-state index is -3.95. The highest BCUT2D eigenvalue weighted by Crippen LogP contribution is 2.22. The van der Waals surface area contributed by atoms with E-state index in [1.807, 2.05) is 0 Å². The molecule has 2 N–H and O–H groups in total. The number of nitrogens with one attached hydrogen (secondary N) is 1. The molecule has 0 saturated carbocycles. The van der Waals surface area contributed by atoms with E-state index in [1.54, 1.807) is 31.2 Å². The van der Waals surface area contributed by atoms with E-state index in [0.717, 1.165) is 17.7 Å². The summed E-state index contributed by atoms with van der Waals surface area (Å²) in [4.78, 5) is -0.261. The number of hydrogen-bond acceptors (Lipinski definition) is 3. The fourth-order valence-electron chi connectivity index (χ4n) is 1.80. The lowest BCUT2D eigenvalue weighted by atomic mass is 10.2. The second kappa shape index (κ2) is 5.60. The van der Waals surface area contributed by atoms with Gasteiger partial charge in [0.05, 0.1) is 17.2 Å². The summed E-state index contributed by atoms with van der Waals surface area (Å²) in [5.41, 5.74) is 1.31. The molecule has 0 aromatic heterocycles. The van der Waals surface area contributed by atoms with Crippen molar-refractivity contribution in [3.8, 4) is 0 Å². The third kappa shape index (κ3) is 2.97. The van der Waals surface area contributed by atoms with Gasteiger partial charge in [-0.2, -0.15) is 0 Å². The number of hydrogen-bond donors (Lipinski definition) is 2. The molecular weight excluding hydrogens is 281 g/mol. The summed E-state index contributed by atoms with van der Waals surface area (Å²) in [6, 6.07) is 10.1. The van der Waals surface area contributed by atoms with Crippen molar-refractivity contribution in [2.45, 2.75) is 18.4 Å². The Morgan fingerprint density at radius 1 is 1.20 bits per heavy atom. The highest BCUT2D eigenvalue weighted by atomic mass is 32.2. The predicted molar refractivity (Wildman–Crippen MR) is 74.3 cm³/mol. The number of aryl methyl sites for hydroxylation is 1. The van der Waals surface area contributed by atoms with Crippen LogP contribution in [0.3, 0.4) is 0 Å². The molecule has 0 aliphatic carbocycles. The zero-order valence-electron chi connectivity index (χ0n) is 10.8. The molecule has 0 atom stereocenters. The quantitative estimate of drug-likeness (QED) is 0.910. The number of halogens is 1. The van der Waals surface area contributed by atoms with Crippen LogP contribution in [0.4, 0.5) is 10.1 Å². The summed E-state index contributed by atoms with van der Waals surface area (Å²) in [6.07, 6.45) is 0. The van der Waals surface area contributed by atoms with E-state index in [4.69, 9.17) is 0 Å². The van der Waals surface area contributed by atoms with Crippen LogP contribution < -0.4 is 4.72 Å². The Bertz CT molecular complexity index is 729. The summed E-state index contributed by atoms with van der Waals surface area (Å²) in [5.74, 6) is -0.674. The van der Waals surface area contributed by atoms with Gasteiger partial charge in [-0.15, -0.1) is 0 Å². The zero-order chi connectivity index (χ0) is 14.8. The largest absolute Gasteiger partial charge is 0.392 e. The Hall–Kier alpha value is -1.92. The van der Waals surface area contributed by atoms with Crippen molar-refractivity contribution in [3.05, 3.63) is 59.4 Å². The van der Waals surface area contributed by atoms with E-state index in [-0.39, 0.29) is 10.5 Å². The van der Waals surface area contributed by atoms with Crippen LogP contribution in [0.2, 0.25) is 0 Å². The highest BCUT2D eigenvalue weighted by molar-refractivity contribution is 7.92. The average molecular weight is 295 g/mol. The smallest absolute Gasteiger partial charge is 0.262 e. The Kier molecular flexibility index (Phi) is 4.06. The molecule has 2 aromatic carbocycles. The molecular formula is C14H14FNO3S. The van der Waals surface area contributed by atoms with Crippen molar-refractivity contribution in [1.29, 1.82) is 0 Å². The molecule has 20 heavy (non-hydrogen) atoms. The summed E-state index contributed by atoms with van der Waals surface area (Å²) >= 11 is 0. The normalized spacial score (nSPS) is 11.3. The van der Waals surface area contributed by atoms with Gasteiger partial charge in [-0.3, -0.25) is 4.72 Å². The third-order valence-corrected chi connectivity index (χ3v) is 4.33. The van der Waals surface area contributed by atoms with Gasteiger partial charge in [0.2, 0.25) is 0 Å². The Morgan fingerprint density at radius 2 is 1.90 bits per heavy atom. The van der Waals surface area contributed by atoms with Gasteiger partial charge in [0.25, 0.3) is 10.0 Å². The fraction of sp³-hybridized carbons (Fsp3) is 0.143. The van der Waals surface area contributed by atoms with E-state index < -0.39 is 22.4 Å². The van der Waals surface area contributed by atoms with Gasteiger partial charge in [-0.05, 0) is 36.2 Å². The predicted octanol–water partition coefficient (Wildman–Crippen LogP) is 2.43. The van der Waals surface area contributed by atoms with Crippen LogP contribution >= 0.6 is 0 Å². The number of benzene rings is 2. The Labute approximate surface area is 116 Å². The second-order valence-electron chi connectivity index (χ2n) is 4.33. The molecule has 0 amide bonds. The van der Waals surface area contributed by atoms with Crippen LogP contribution in [0, 0.1) is 12.7 Å². The monoisotopic (exact) mass is 295 g/mol. The number of sulfonamides is 1.